The highest BCUT2D eigenvalue weighted by Crippen LogP contribution is 2.49. The summed E-state index contributed by atoms with van der Waals surface area (Å²) in [7, 11) is 0. The average molecular weight is 367 g/mol. The van der Waals surface area contributed by atoms with E-state index in [0.29, 0.717) is 0 Å². The van der Waals surface area contributed by atoms with Crippen LogP contribution in [-0.4, -0.2) is 15.6 Å². The van der Waals surface area contributed by atoms with Crippen LogP contribution in [0, 0.1) is 11.2 Å². The molecule has 10 heteroatoms. The Bertz CT molecular complexity index is 923. The number of azide groups is 1. The van der Waals surface area contributed by atoms with Gasteiger partial charge in [0.25, 0.3) is 0 Å². The highest BCUT2D eigenvalue weighted by atomic mass is 19.4. The Kier molecular flexibility index (Phi) is 4.03. The number of benzene rings is 1. The molecule has 2 aromatic rings. The third-order valence-corrected chi connectivity index (χ3v) is 4.32. The van der Waals surface area contributed by atoms with E-state index < -0.39 is 40.5 Å². The first kappa shape index (κ1) is 17.9. The van der Waals surface area contributed by atoms with E-state index in [-0.39, 0.29) is 17.8 Å². The molecule has 0 spiro atoms. The Balaban J connectivity index is 2.38. The van der Waals surface area contributed by atoms with Crippen molar-refractivity contribution in [3.63, 3.8) is 0 Å². The van der Waals surface area contributed by atoms with Crippen LogP contribution in [0.4, 0.5) is 17.6 Å². The summed E-state index contributed by atoms with van der Waals surface area (Å²) in [5, 5.41) is 7.21. The maximum Gasteiger partial charge on any atom is 0.435 e. The monoisotopic (exact) mass is 367 g/mol. The summed E-state index contributed by atoms with van der Waals surface area (Å²) < 4.78 is 54.5. The molecular formula is C16H13F4N5O. The largest absolute Gasteiger partial charge is 0.435 e. The number of nitrogens with zero attached hydrogens (tertiary/aromatic N) is 5. The van der Waals surface area contributed by atoms with Crippen LogP contribution >= 0.6 is 0 Å². The van der Waals surface area contributed by atoms with Gasteiger partial charge in [-0.05, 0) is 35.2 Å². The van der Waals surface area contributed by atoms with Crippen molar-refractivity contribution in [3.05, 3.63) is 57.5 Å². The van der Waals surface area contributed by atoms with Gasteiger partial charge in [0.1, 0.15) is 5.82 Å². The number of hydrogen-bond acceptors (Lipinski definition) is 3. The van der Waals surface area contributed by atoms with Crippen LogP contribution in [-0.2, 0) is 6.18 Å². The Morgan fingerprint density at radius 1 is 1.31 bits per heavy atom. The minimum absolute atomic E-state index is 0.127. The number of ketones is 1. The lowest BCUT2D eigenvalue weighted by Gasteiger charge is -2.35. The number of halogens is 4. The summed E-state index contributed by atoms with van der Waals surface area (Å²) in [6.07, 6.45) is -5.09. The quantitative estimate of drug-likeness (QED) is 0.324. The van der Waals surface area contributed by atoms with Crippen LogP contribution in [0.3, 0.4) is 0 Å². The standard InChI is InChI=1S/C16H13F4N5O/c1-15(2)7-10(26)11-12(14(15)22-24-21)25(23-13(11)16(18,19)20)9-5-3-8(17)4-6-9/h3-6,14H,7H2,1-2H3. The van der Waals surface area contributed by atoms with Crippen LogP contribution in [0.1, 0.15) is 48.1 Å². The molecule has 1 aliphatic carbocycles. The predicted molar refractivity (Wildman–Crippen MR) is 83.1 cm³/mol. The van der Waals surface area contributed by atoms with Gasteiger partial charge in [0.05, 0.1) is 23.0 Å². The number of Topliss-reactive ketones (excluding diaryl/α,β-unsaturated/α-hetero) is 1. The molecule has 0 fully saturated rings. The van der Waals surface area contributed by atoms with Crippen molar-refractivity contribution in [1.29, 1.82) is 0 Å². The lowest BCUT2D eigenvalue weighted by Crippen LogP contribution is -2.32. The molecule has 3 rings (SSSR count). The van der Waals surface area contributed by atoms with Gasteiger partial charge >= 0.3 is 6.18 Å². The zero-order valence-corrected chi connectivity index (χ0v) is 13.8. The number of carbonyl (C=O) groups excluding carboxylic acids is 1. The summed E-state index contributed by atoms with van der Waals surface area (Å²) in [6, 6.07) is 3.56. The second-order valence-corrected chi connectivity index (χ2v) is 6.69. The molecule has 1 atom stereocenters. The third kappa shape index (κ3) is 2.82. The van der Waals surface area contributed by atoms with Gasteiger partial charge in [-0.1, -0.05) is 19.0 Å². The number of rotatable bonds is 2. The number of carbonyl (C=O) groups is 1. The van der Waals surface area contributed by atoms with Crippen LogP contribution in [0.25, 0.3) is 16.1 Å². The van der Waals surface area contributed by atoms with Gasteiger partial charge in [0, 0.05) is 11.3 Å². The first-order valence-corrected chi connectivity index (χ1v) is 7.59. The molecule has 136 valence electrons. The minimum Gasteiger partial charge on any atom is -0.294 e. The van der Waals surface area contributed by atoms with Crippen molar-refractivity contribution in [3.8, 4) is 5.69 Å². The molecule has 26 heavy (non-hydrogen) atoms. The van der Waals surface area contributed by atoms with Gasteiger partial charge in [-0.2, -0.15) is 18.3 Å². The first-order chi connectivity index (χ1) is 12.1. The second kappa shape index (κ2) is 5.84. The van der Waals surface area contributed by atoms with Crippen molar-refractivity contribution in [2.24, 2.45) is 10.5 Å². The van der Waals surface area contributed by atoms with Gasteiger partial charge in [-0.15, -0.1) is 0 Å². The number of alkyl halides is 3. The van der Waals surface area contributed by atoms with Crippen LogP contribution < -0.4 is 0 Å². The lowest BCUT2D eigenvalue weighted by atomic mass is 9.72. The SMILES string of the molecule is CC1(C)CC(=O)c2c(C(F)(F)F)nn(-c3ccc(F)cc3)c2C1N=[N+]=[N-]. The Labute approximate surface area is 145 Å². The van der Waals surface area contributed by atoms with Crippen molar-refractivity contribution in [1.82, 2.24) is 9.78 Å². The highest BCUT2D eigenvalue weighted by molar-refractivity contribution is 6.00. The first-order valence-electron chi connectivity index (χ1n) is 7.59. The van der Waals surface area contributed by atoms with Gasteiger partial charge < -0.3 is 0 Å². The fourth-order valence-corrected chi connectivity index (χ4v) is 3.17. The number of fused-ring (bicyclic) bond motifs is 1. The van der Waals surface area contributed by atoms with E-state index in [9.17, 15) is 22.4 Å². The Morgan fingerprint density at radius 2 is 1.92 bits per heavy atom. The Hall–Kier alpha value is -2.87. The predicted octanol–water partition coefficient (Wildman–Crippen LogP) is 4.99. The molecule has 1 unspecified atom stereocenters. The van der Waals surface area contributed by atoms with E-state index in [1.165, 1.54) is 12.1 Å². The maximum atomic E-state index is 13.5. The zero-order chi connectivity index (χ0) is 19.3. The Morgan fingerprint density at radius 3 is 2.46 bits per heavy atom. The average Bonchev–Trinajstić information content (AvgIpc) is 2.92. The van der Waals surface area contributed by atoms with Crippen LogP contribution in [0.5, 0.6) is 0 Å². The van der Waals surface area contributed by atoms with E-state index in [1.807, 2.05) is 0 Å². The van der Waals surface area contributed by atoms with E-state index >= 15 is 0 Å². The van der Waals surface area contributed by atoms with E-state index in [1.54, 1.807) is 13.8 Å². The maximum absolute atomic E-state index is 13.5. The molecule has 0 saturated heterocycles. The van der Waals surface area contributed by atoms with Crippen molar-refractivity contribution in [2.75, 3.05) is 0 Å². The molecule has 0 aliphatic heterocycles. The molecule has 1 aromatic carbocycles. The van der Waals surface area contributed by atoms with Gasteiger partial charge in [-0.25, -0.2) is 9.07 Å². The fourth-order valence-electron chi connectivity index (χ4n) is 3.17. The molecule has 0 saturated carbocycles. The summed E-state index contributed by atoms with van der Waals surface area (Å²) in [5.74, 6) is -1.30. The minimum atomic E-state index is -4.87. The molecule has 0 bridgehead atoms. The van der Waals surface area contributed by atoms with E-state index in [4.69, 9.17) is 5.53 Å². The summed E-state index contributed by atoms with van der Waals surface area (Å²) in [5.41, 5.74) is 6.03. The fraction of sp³-hybridized carbons (Fsp3) is 0.375. The van der Waals surface area contributed by atoms with Crippen molar-refractivity contribution >= 4 is 5.78 Å². The van der Waals surface area contributed by atoms with E-state index in [2.05, 4.69) is 15.1 Å². The third-order valence-electron chi connectivity index (χ3n) is 4.32. The van der Waals surface area contributed by atoms with E-state index in [0.717, 1.165) is 16.8 Å². The number of aromatic nitrogens is 2. The summed E-state index contributed by atoms with van der Waals surface area (Å²) >= 11 is 0. The van der Waals surface area contributed by atoms with Crippen LogP contribution in [0.2, 0.25) is 0 Å². The second-order valence-electron chi connectivity index (χ2n) is 6.69. The molecule has 0 radical (unpaired) electrons. The molecule has 1 heterocycles. The molecule has 1 aromatic heterocycles. The molecule has 1 aliphatic rings. The summed E-state index contributed by atoms with van der Waals surface area (Å²) in [4.78, 5) is 15.2. The van der Waals surface area contributed by atoms with Crippen molar-refractivity contribution in [2.45, 2.75) is 32.5 Å². The lowest BCUT2D eigenvalue weighted by molar-refractivity contribution is -0.141. The molecule has 0 N–H and O–H groups in total. The van der Waals surface area contributed by atoms with Crippen LogP contribution in [0.15, 0.2) is 29.4 Å². The topological polar surface area (TPSA) is 83.7 Å². The van der Waals surface area contributed by atoms with Gasteiger partial charge in [0.15, 0.2) is 11.5 Å². The van der Waals surface area contributed by atoms with Crippen molar-refractivity contribution < 1.29 is 22.4 Å². The normalized spacial score (nSPS) is 19.0. The van der Waals surface area contributed by atoms with Gasteiger partial charge in [-0.3, -0.25) is 4.79 Å². The zero-order valence-electron chi connectivity index (χ0n) is 13.8. The molecule has 6 nitrogen and oxygen atoms in total. The highest BCUT2D eigenvalue weighted by Gasteiger charge is 2.49. The van der Waals surface area contributed by atoms with Gasteiger partial charge in [0.2, 0.25) is 0 Å². The smallest absolute Gasteiger partial charge is 0.294 e. The molecule has 0 amide bonds. The molecular weight excluding hydrogens is 354 g/mol. The number of hydrogen-bond donors (Lipinski definition) is 0. The summed E-state index contributed by atoms with van der Waals surface area (Å²) in [6.45, 7) is 3.25.